The van der Waals surface area contributed by atoms with Crippen molar-refractivity contribution in [2.75, 3.05) is 0 Å². The van der Waals surface area contributed by atoms with E-state index in [9.17, 15) is 0 Å². The second-order valence-corrected chi connectivity index (χ2v) is 4.92. The Bertz CT molecular complexity index is 312. The predicted molar refractivity (Wildman–Crippen MR) is 76.5 cm³/mol. The van der Waals surface area contributed by atoms with Crippen LogP contribution in [0.1, 0.15) is 69.6 Å². The molecule has 0 aromatic heterocycles. The third kappa shape index (κ3) is 4.53. The van der Waals surface area contributed by atoms with E-state index < -0.39 is 0 Å². The molecule has 0 amide bonds. The Kier molecular flexibility index (Phi) is 7.00. The van der Waals surface area contributed by atoms with Crippen molar-refractivity contribution in [3.63, 3.8) is 0 Å². The van der Waals surface area contributed by atoms with Crippen LogP contribution in [0.5, 0.6) is 0 Å². The van der Waals surface area contributed by atoms with Crippen molar-refractivity contribution in [3.05, 3.63) is 34.9 Å². The molecule has 0 heteroatoms. The number of unbranched alkanes of at least 4 members (excludes halogenated alkanes) is 2. The number of benzene rings is 1. The standard InChI is InChI=1S/C17H27/c1-4-7-8-12-16-14-9-13-15(10-5-2)17(16)11-6-3/h9,13H,4-8,10-12H2,1-3H3. The molecule has 0 bridgehead atoms. The van der Waals surface area contributed by atoms with Gasteiger partial charge in [-0.3, -0.25) is 0 Å². The summed E-state index contributed by atoms with van der Waals surface area (Å²) in [6.07, 6.45) is 10.1. The Hall–Kier alpha value is -0.780. The molecule has 0 aliphatic heterocycles. The second-order valence-electron chi connectivity index (χ2n) is 4.92. The van der Waals surface area contributed by atoms with Gasteiger partial charge in [0, 0.05) is 0 Å². The maximum absolute atomic E-state index is 3.48. The lowest BCUT2D eigenvalue weighted by atomic mass is 9.92. The van der Waals surface area contributed by atoms with Crippen LogP contribution in [-0.2, 0) is 19.3 Å². The summed E-state index contributed by atoms with van der Waals surface area (Å²) < 4.78 is 0. The monoisotopic (exact) mass is 231 g/mol. The van der Waals surface area contributed by atoms with Gasteiger partial charge in [-0.2, -0.15) is 0 Å². The Morgan fingerprint density at radius 3 is 2.29 bits per heavy atom. The third-order valence-electron chi connectivity index (χ3n) is 3.34. The third-order valence-corrected chi connectivity index (χ3v) is 3.34. The smallest absolute Gasteiger partial charge is 0.0146 e. The Morgan fingerprint density at radius 2 is 1.65 bits per heavy atom. The summed E-state index contributed by atoms with van der Waals surface area (Å²) in [5, 5.41) is 0. The highest BCUT2D eigenvalue weighted by atomic mass is 14.1. The Morgan fingerprint density at radius 1 is 0.882 bits per heavy atom. The van der Waals surface area contributed by atoms with E-state index >= 15 is 0 Å². The minimum atomic E-state index is 1.22. The molecule has 0 atom stereocenters. The Labute approximate surface area is 107 Å². The van der Waals surface area contributed by atoms with Crippen molar-refractivity contribution in [1.29, 1.82) is 0 Å². The van der Waals surface area contributed by atoms with Gasteiger partial charge in [-0.25, -0.2) is 0 Å². The van der Waals surface area contributed by atoms with E-state index in [-0.39, 0.29) is 0 Å². The molecule has 0 aliphatic carbocycles. The molecule has 0 heterocycles. The summed E-state index contributed by atoms with van der Waals surface area (Å²) in [6, 6.07) is 7.89. The summed E-state index contributed by atoms with van der Waals surface area (Å²) in [4.78, 5) is 0. The number of hydrogen-bond acceptors (Lipinski definition) is 0. The van der Waals surface area contributed by atoms with Gasteiger partial charge >= 0.3 is 0 Å². The average molecular weight is 231 g/mol. The first-order chi connectivity index (χ1) is 8.33. The highest BCUT2D eigenvalue weighted by Crippen LogP contribution is 2.20. The molecular weight excluding hydrogens is 204 g/mol. The zero-order chi connectivity index (χ0) is 12.5. The molecule has 0 fully saturated rings. The van der Waals surface area contributed by atoms with Crippen molar-refractivity contribution in [2.24, 2.45) is 0 Å². The maximum Gasteiger partial charge on any atom is -0.0146 e. The van der Waals surface area contributed by atoms with Gasteiger partial charge in [-0.15, -0.1) is 0 Å². The summed E-state index contributed by atoms with van der Waals surface area (Å²) in [6.45, 7) is 6.81. The minimum absolute atomic E-state index is 1.22. The minimum Gasteiger partial charge on any atom is -0.0654 e. The quantitative estimate of drug-likeness (QED) is 0.544. The topological polar surface area (TPSA) is 0 Å². The van der Waals surface area contributed by atoms with Crippen molar-refractivity contribution < 1.29 is 0 Å². The SMILES string of the molecule is CCCCCc1[c]ccc(CCC)c1CCC. The lowest BCUT2D eigenvalue weighted by molar-refractivity contribution is 0.708. The molecule has 1 aromatic rings. The maximum atomic E-state index is 3.48. The first-order valence-electron chi connectivity index (χ1n) is 7.34. The fraction of sp³-hybridized carbons (Fsp3) is 0.647. The lowest BCUT2D eigenvalue weighted by Crippen LogP contribution is -2.01. The Balaban J connectivity index is 2.81. The van der Waals surface area contributed by atoms with Crippen LogP contribution in [0.15, 0.2) is 12.1 Å². The van der Waals surface area contributed by atoms with Gasteiger partial charge in [0.15, 0.2) is 0 Å². The van der Waals surface area contributed by atoms with E-state index in [1.807, 2.05) is 0 Å². The molecule has 95 valence electrons. The first kappa shape index (κ1) is 14.3. The van der Waals surface area contributed by atoms with Gasteiger partial charge in [0.05, 0.1) is 0 Å². The molecule has 0 saturated heterocycles. The largest absolute Gasteiger partial charge is 0.0654 e. The molecule has 17 heavy (non-hydrogen) atoms. The molecule has 0 N–H and O–H groups in total. The summed E-state index contributed by atoms with van der Waals surface area (Å²) in [5.74, 6) is 0. The van der Waals surface area contributed by atoms with Crippen molar-refractivity contribution >= 4 is 0 Å². The predicted octanol–water partition coefficient (Wildman–Crippen LogP) is 5.12. The fourth-order valence-corrected chi connectivity index (χ4v) is 2.46. The van der Waals surface area contributed by atoms with E-state index in [0.717, 1.165) is 0 Å². The van der Waals surface area contributed by atoms with Crippen molar-refractivity contribution in [1.82, 2.24) is 0 Å². The summed E-state index contributed by atoms with van der Waals surface area (Å²) in [5.41, 5.74) is 4.67. The molecule has 1 rings (SSSR count). The van der Waals surface area contributed by atoms with Crippen LogP contribution in [0.3, 0.4) is 0 Å². The van der Waals surface area contributed by atoms with E-state index in [4.69, 9.17) is 0 Å². The number of aryl methyl sites for hydroxylation is 2. The van der Waals surface area contributed by atoms with Crippen LogP contribution in [-0.4, -0.2) is 0 Å². The van der Waals surface area contributed by atoms with Crippen LogP contribution < -0.4 is 0 Å². The molecule has 1 radical (unpaired) electrons. The van der Waals surface area contributed by atoms with Gasteiger partial charge in [0.25, 0.3) is 0 Å². The lowest BCUT2D eigenvalue weighted by Gasteiger charge is -2.13. The summed E-state index contributed by atoms with van der Waals surface area (Å²) >= 11 is 0. The van der Waals surface area contributed by atoms with Crippen molar-refractivity contribution in [3.8, 4) is 0 Å². The first-order valence-corrected chi connectivity index (χ1v) is 7.34. The van der Waals surface area contributed by atoms with Crippen LogP contribution in [0.2, 0.25) is 0 Å². The van der Waals surface area contributed by atoms with E-state index in [1.165, 1.54) is 56.9 Å². The molecule has 0 unspecified atom stereocenters. The van der Waals surface area contributed by atoms with Gasteiger partial charge in [-0.1, -0.05) is 58.6 Å². The highest BCUT2D eigenvalue weighted by Gasteiger charge is 2.07. The normalized spacial score (nSPS) is 10.8. The highest BCUT2D eigenvalue weighted by molar-refractivity contribution is 5.35. The second kappa shape index (κ2) is 8.33. The number of rotatable bonds is 8. The van der Waals surface area contributed by atoms with Crippen LogP contribution >= 0.6 is 0 Å². The molecule has 1 aromatic carbocycles. The van der Waals surface area contributed by atoms with Gasteiger partial charge in [0.1, 0.15) is 0 Å². The van der Waals surface area contributed by atoms with Crippen LogP contribution in [0.25, 0.3) is 0 Å². The van der Waals surface area contributed by atoms with Crippen LogP contribution in [0.4, 0.5) is 0 Å². The van der Waals surface area contributed by atoms with E-state index in [1.54, 1.807) is 11.1 Å². The van der Waals surface area contributed by atoms with E-state index in [0.29, 0.717) is 0 Å². The molecule has 0 saturated carbocycles. The zero-order valence-corrected chi connectivity index (χ0v) is 11.8. The van der Waals surface area contributed by atoms with Crippen LogP contribution in [0, 0.1) is 6.07 Å². The van der Waals surface area contributed by atoms with Crippen molar-refractivity contribution in [2.45, 2.75) is 72.1 Å². The zero-order valence-electron chi connectivity index (χ0n) is 11.8. The molecule has 0 nitrogen and oxygen atoms in total. The average Bonchev–Trinajstić information content (AvgIpc) is 2.33. The molecule has 0 aliphatic rings. The fourth-order valence-electron chi connectivity index (χ4n) is 2.46. The summed E-state index contributed by atoms with van der Waals surface area (Å²) in [7, 11) is 0. The van der Waals surface area contributed by atoms with E-state index in [2.05, 4.69) is 39.0 Å². The number of hydrogen-bond donors (Lipinski definition) is 0. The van der Waals surface area contributed by atoms with Gasteiger partial charge < -0.3 is 0 Å². The van der Waals surface area contributed by atoms with Gasteiger partial charge in [-0.05, 0) is 48.4 Å². The molecular formula is C17H27. The molecule has 0 spiro atoms. The van der Waals surface area contributed by atoms with Gasteiger partial charge in [0.2, 0.25) is 0 Å².